The summed E-state index contributed by atoms with van der Waals surface area (Å²) in [6, 6.07) is 9.29. The zero-order valence-electron chi connectivity index (χ0n) is 12.0. The van der Waals surface area contributed by atoms with Crippen molar-refractivity contribution in [3.8, 4) is 0 Å². The Balaban J connectivity index is 2.08. The molecule has 0 saturated carbocycles. The van der Waals surface area contributed by atoms with Crippen LogP contribution in [-0.2, 0) is 0 Å². The van der Waals surface area contributed by atoms with Gasteiger partial charge in [-0.05, 0) is 12.1 Å². The molecule has 1 saturated heterocycles. The number of rotatable bonds is 3. The van der Waals surface area contributed by atoms with E-state index in [1.54, 1.807) is 18.2 Å². The predicted octanol–water partition coefficient (Wildman–Crippen LogP) is 3.10. The van der Waals surface area contributed by atoms with Crippen LogP contribution in [0.5, 0.6) is 0 Å². The van der Waals surface area contributed by atoms with Crippen LogP contribution in [0.25, 0.3) is 0 Å². The van der Waals surface area contributed by atoms with Gasteiger partial charge in [-0.1, -0.05) is 24.3 Å². The highest BCUT2D eigenvalue weighted by Gasteiger charge is 2.28. The number of benzene rings is 2. The van der Waals surface area contributed by atoms with Gasteiger partial charge in [0.05, 0.1) is 6.04 Å². The van der Waals surface area contributed by atoms with Crippen LogP contribution >= 0.6 is 0 Å². The van der Waals surface area contributed by atoms with E-state index in [9.17, 15) is 13.2 Å². The molecule has 0 radical (unpaired) electrons. The molecule has 2 aromatic rings. The highest BCUT2D eigenvalue weighted by molar-refractivity contribution is 5.34. The zero-order chi connectivity index (χ0) is 15.5. The quantitative estimate of drug-likeness (QED) is 0.937. The molecule has 1 aliphatic heterocycles. The van der Waals surface area contributed by atoms with E-state index in [4.69, 9.17) is 0 Å². The van der Waals surface area contributed by atoms with E-state index >= 15 is 0 Å². The molecule has 0 aliphatic carbocycles. The molecule has 1 unspecified atom stereocenters. The van der Waals surface area contributed by atoms with Crippen molar-refractivity contribution in [2.45, 2.75) is 6.04 Å². The Hall–Kier alpha value is -1.85. The van der Waals surface area contributed by atoms with Gasteiger partial charge in [0, 0.05) is 43.4 Å². The molecule has 5 heteroatoms. The summed E-state index contributed by atoms with van der Waals surface area (Å²) in [7, 11) is 0. The Bertz CT molecular complexity index is 654. The molecular weight excluding hydrogens is 289 g/mol. The minimum atomic E-state index is -0.646. The van der Waals surface area contributed by atoms with Crippen LogP contribution in [-0.4, -0.2) is 31.1 Å². The summed E-state index contributed by atoms with van der Waals surface area (Å²) in [5, 5.41) is 3.22. The van der Waals surface area contributed by atoms with E-state index in [2.05, 4.69) is 5.32 Å². The average Bonchev–Trinajstić information content (AvgIpc) is 2.52. The van der Waals surface area contributed by atoms with Crippen LogP contribution in [0.1, 0.15) is 17.2 Å². The summed E-state index contributed by atoms with van der Waals surface area (Å²) in [6.45, 7) is 2.87. The van der Waals surface area contributed by atoms with Crippen molar-refractivity contribution < 1.29 is 13.2 Å². The van der Waals surface area contributed by atoms with Crippen LogP contribution in [0.4, 0.5) is 13.2 Å². The number of nitrogens with zero attached hydrogens (tertiary/aromatic N) is 1. The van der Waals surface area contributed by atoms with Gasteiger partial charge in [-0.2, -0.15) is 0 Å². The van der Waals surface area contributed by atoms with E-state index in [1.807, 2.05) is 4.90 Å². The van der Waals surface area contributed by atoms with Crippen LogP contribution in [0, 0.1) is 17.5 Å². The van der Waals surface area contributed by atoms with Gasteiger partial charge >= 0.3 is 0 Å². The van der Waals surface area contributed by atoms with Crippen molar-refractivity contribution in [1.82, 2.24) is 10.2 Å². The van der Waals surface area contributed by atoms with Crippen LogP contribution in [0.15, 0.2) is 42.5 Å². The summed E-state index contributed by atoms with van der Waals surface area (Å²) < 4.78 is 41.7. The molecule has 1 aliphatic rings. The predicted molar refractivity (Wildman–Crippen MR) is 79.0 cm³/mol. The Kier molecular flexibility index (Phi) is 4.45. The molecule has 2 aromatic carbocycles. The number of hydrogen-bond donors (Lipinski definition) is 1. The first-order valence-electron chi connectivity index (χ1n) is 7.31. The van der Waals surface area contributed by atoms with Gasteiger partial charge in [0.2, 0.25) is 0 Å². The van der Waals surface area contributed by atoms with E-state index < -0.39 is 17.7 Å². The van der Waals surface area contributed by atoms with Gasteiger partial charge in [0.25, 0.3) is 0 Å². The van der Waals surface area contributed by atoms with E-state index in [0.29, 0.717) is 24.2 Å². The van der Waals surface area contributed by atoms with Crippen molar-refractivity contribution >= 4 is 0 Å². The first-order valence-corrected chi connectivity index (χ1v) is 7.31. The van der Waals surface area contributed by atoms with Gasteiger partial charge in [0.1, 0.15) is 17.5 Å². The van der Waals surface area contributed by atoms with Crippen LogP contribution < -0.4 is 5.32 Å². The van der Waals surface area contributed by atoms with Crippen molar-refractivity contribution in [1.29, 1.82) is 0 Å². The fraction of sp³-hybridized carbons (Fsp3) is 0.294. The normalized spacial score (nSPS) is 17.4. The Morgan fingerprint density at radius 3 is 2.23 bits per heavy atom. The average molecular weight is 306 g/mol. The van der Waals surface area contributed by atoms with Crippen molar-refractivity contribution in [3.63, 3.8) is 0 Å². The minimum absolute atomic E-state index is 0.299. The summed E-state index contributed by atoms with van der Waals surface area (Å²) in [5.41, 5.74) is 0.711. The molecule has 3 rings (SSSR count). The lowest BCUT2D eigenvalue weighted by molar-refractivity contribution is 0.192. The molecule has 0 spiro atoms. The van der Waals surface area contributed by atoms with E-state index in [1.165, 1.54) is 18.2 Å². The second kappa shape index (κ2) is 6.50. The maximum atomic E-state index is 14.3. The first-order chi connectivity index (χ1) is 10.7. The van der Waals surface area contributed by atoms with Gasteiger partial charge in [-0.15, -0.1) is 0 Å². The van der Waals surface area contributed by atoms with Gasteiger partial charge in [-0.25, -0.2) is 13.2 Å². The summed E-state index contributed by atoms with van der Waals surface area (Å²) >= 11 is 0. The van der Waals surface area contributed by atoms with Gasteiger partial charge in [0.15, 0.2) is 0 Å². The lowest BCUT2D eigenvalue weighted by Crippen LogP contribution is -2.45. The Morgan fingerprint density at radius 1 is 0.864 bits per heavy atom. The minimum Gasteiger partial charge on any atom is -0.314 e. The highest BCUT2D eigenvalue weighted by Crippen LogP contribution is 2.32. The molecule has 1 atom stereocenters. The summed E-state index contributed by atoms with van der Waals surface area (Å²) in [5.74, 6) is -1.66. The zero-order valence-corrected chi connectivity index (χ0v) is 12.0. The summed E-state index contributed by atoms with van der Waals surface area (Å²) in [4.78, 5) is 2.02. The third-order valence-corrected chi connectivity index (χ3v) is 3.97. The van der Waals surface area contributed by atoms with Gasteiger partial charge < -0.3 is 5.32 Å². The molecule has 22 heavy (non-hydrogen) atoms. The smallest absolute Gasteiger partial charge is 0.131 e. The van der Waals surface area contributed by atoms with E-state index in [0.717, 1.165) is 19.2 Å². The van der Waals surface area contributed by atoms with Crippen LogP contribution in [0.2, 0.25) is 0 Å². The van der Waals surface area contributed by atoms with Crippen molar-refractivity contribution in [3.05, 3.63) is 71.0 Å². The summed E-state index contributed by atoms with van der Waals surface area (Å²) in [6.07, 6.45) is 0. The lowest BCUT2D eigenvalue weighted by Gasteiger charge is -2.35. The maximum Gasteiger partial charge on any atom is 0.131 e. The highest BCUT2D eigenvalue weighted by atomic mass is 19.1. The molecule has 0 amide bonds. The molecule has 0 aromatic heterocycles. The monoisotopic (exact) mass is 306 g/mol. The number of piperazine rings is 1. The molecule has 116 valence electrons. The fourth-order valence-electron chi connectivity index (χ4n) is 2.92. The standard InChI is InChI=1S/C17H17F3N2/c18-12-5-6-14(16(20)11-12)17(22-9-7-21-8-10-22)13-3-1-2-4-15(13)19/h1-6,11,17,21H,7-10H2. The van der Waals surface area contributed by atoms with E-state index in [-0.39, 0.29) is 5.82 Å². The number of halogens is 3. The van der Waals surface area contributed by atoms with Gasteiger partial charge in [-0.3, -0.25) is 4.90 Å². The number of nitrogens with one attached hydrogen (secondary N) is 1. The fourth-order valence-corrected chi connectivity index (χ4v) is 2.92. The second-order valence-corrected chi connectivity index (χ2v) is 5.38. The Labute approximate surface area is 127 Å². The molecule has 0 bridgehead atoms. The largest absolute Gasteiger partial charge is 0.314 e. The Morgan fingerprint density at radius 2 is 1.55 bits per heavy atom. The SMILES string of the molecule is Fc1ccc(C(c2ccccc2F)N2CCNCC2)c(F)c1. The lowest BCUT2D eigenvalue weighted by atomic mass is 9.95. The molecule has 1 heterocycles. The topological polar surface area (TPSA) is 15.3 Å². The second-order valence-electron chi connectivity index (χ2n) is 5.38. The maximum absolute atomic E-state index is 14.3. The van der Waals surface area contributed by atoms with Crippen molar-refractivity contribution in [2.24, 2.45) is 0 Å². The first kappa shape index (κ1) is 15.1. The molecular formula is C17H17F3N2. The molecule has 1 N–H and O–H groups in total. The number of hydrogen-bond acceptors (Lipinski definition) is 2. The molecule has 2 nitrogen and oxygen atoms in total. The molecule has 1 fully saturated rings. The third kappa shape index (κ3) is 3.00. The third-order valence-electron chi connectivity index (χ3n) is 3.97. The van der Waals surface area contributed by atoms with Crippen molar-refractivity contribution in [2.75, 3.05) is 26.2 Å². The van der Waals surface area contributed by atoms with Crippen LogP contribution in [0.3, 0.4) is 0 Å².